The van der Waals surface area contributed by atoms with E-state index in [1.165, 1.54) is 0 Å². The van der Waals surface area contributed by atoms with Gasteiger partial charge in [0.05, 0.1) is 19.5 Å². The fraction of sp³-hybridized carbons (Fsp3) is 0.647. The minimum Gasteiger partial charge on any atom is -0.497 e. The number of nitrogens with one attached hydrogen (secondary N) is 2. The predicted octanol–water partition coefficient (Wildman–Crippen LogP) is 1.52. The summed E-state index contributed by atoms with van der Waals surface area (Å²) in [7, 11) is -1.67. The molecule has 3 rings (SSSR count). The summed E-state index contributed by atoms with van der Waals surface area (Å²) in [5.74, 6) is 1.25. The zero-order valence-electron chi connectivity index (χ0n) is 14.4. The van der Waals surface area contributed by atoms with Crippen molar-refractivity contribution >= 4 is 22.4 Å². The first-order chi connectivity index (χ1) is 11.6. The number of rotatable bonds is 6. The third-order valence-corrected chi connectivity index (χ3v) is 6.41. The minimum atomic E-state index is -3.31. The average molecular weight is 391 g/mol. The second-order valence-corrected chi connectivity index (χ2v) is 8.41. The maximum Gasteiger partial charge on any atom is 0.212 e. The molecule has 2 saturated heterocycles. The van der Waals surface area contributed by atoms with Crippen LogP contribution >= 0.6 is 12.4 Å². The summed E-state index contributed by atoms with van der Waals surface area (Å²) in [6.45, 7) is 2.76. The molecule has 2 heterocycles. The topological polar surface area (TPSA) is 76.7 Å². The predicted molar refractivity (Wildman–Crippen MR) is 100 cm³/mol. The van der Waals surface area contributed by atoms with Crippen LogP contribution in [0.3, 0.4) is 0 Å². The van der Waals surface area contributed by atoms with E-state index in [1.807, 2.05) is 24.3 Å². The smallest absolute Gasteiger partial charge is 0.212 e. The Kier molecular flexibility index (Phi) is 7.51. The van der Waals surface area contributed by atoms with Gasteiger partial charge in [-0.05, 0) is 43.0 Å². The second kappa shape index (κ2) is 9.19. The van der Waals surface area contributed by atoms with Crippen molar-refractivity contribution in [1.82, 2.24) is 10.0 Å². The van der Waals surface area contributed by atoms with Gasteiger partial charge in [-0.15, -0.1) is 12.4 Å². The number of piperidine rings is 1. The van der Waals surface area contributed by atoms with Crippen molar-refractivity contribution in [1.29, 1.82) is 0 Å². The van der Waals surface area contributed by atoms with Crippen LogP contribution in [-0.2, 0) is 14.8 Å². The van der Waals surface area contributed by atoms with Gasteiger partial charge < -0.3 is 14.8 Å². The van der Waals surface area contributed by atoms with Crippen LogP contribution in [0, 0.1) is 5.92 Å². The van der Waals surface area contributed by atoms with Crippen LogP contribution < -0.4 is 14.8 Å². The van der Waals surface area contributed by atoms with Gasteiger partial charge in [-0.1, -0.05) is 12.1 Å². The van der Waals surface area contributed by atoms with E-state index in [0.717, 1.165) is 30.7 Å². The van der Waals surface area contributed by atoms with Gasteiger partial charge in [0.1, 0.15) is 5.75 Å². The Hall–Kier alpha value is -0.860. The zero-order chi connectivity index (χ0) is 17.0. The number of hydrogen-bond donors (Lipinski definition) is 2. The van der Waals surface area contributed by atoms with E-state index in [0.29, 0.717) is 19.8 Å². The van der Waals surface area contributed by atoms with Gasteiger partial charge in [-0.3, -0.25) is 0 Å². The van der Waals surface area contributed by atoms with Crippen LogP contribution in [0.2, 0.25) is 0 Å². The molecule has 0 bridgehead atoms. The highest BCUT2D eigenvalue weighted by Gasteiger charge is 2.31. The lowest BCUT2D eigenvalue weighted by Gasteiger charge is -2.33. The van der Waals surface area contributed by atoms with Crippen LogP contribution in [0.4, 0.5) is 0 Å². The SMILES string of the molecule is COc1ccc(C2CCNCC2NS(=O)(=O)CC2CCOC2)cc1.Cl. The Morgan fingerprint density at radius 1 is 1.28 bits per heavy atom. The molecule has 142 valence electrons. The lowest BCUT2D eigenvalue weighted by atomic mass is 9.86. The largest absolute Gasteiger partial charge is 0.497 e. The third kappa shape index (κ3) is 5.56. The molecule has 1 aromatic rings. The van der Waals surface area contributed by atoms with Crippen LogP contribution in [0.15, 0.2) is 24.3 Å². The van der Waals surface area contributed by atoms with E-state index in [9.17, 15) is 8.42 Å². The van der Waals surface area contributed by atoms with Gasteiger partial charge in [0.15, 0.2) is 0 Å². The first-order valence-corrected chi connectivity index (χ1v) is 10.1. The van der Waals surface area contributed by atoms with Gasteiger partial charge >= 0.3 is 0 Å². The molecule has 0 saturated carbocycles. The van der Waals surface area contributed by atoms with E-state index in [1.54, 1.807) is 7.11 Å². The lowest BCUT2D eigenvalue weighted by Crippen LogP contribution is -2.50. The highest BCUT2D eigenvalue weighted by atomic mass is 35.5. The summed E-state index contributed by atoms with van der Waals surface area (Å²) in [6, 6.07) is 7.79. The molecule has 0 aliphatic carbocycles. The maximum absolute atomic E-state index is 12.5. The third-order valence-electron chi connectivity index (χ3n) is 4.84. The van der Waals surface area contributed by atoms with Crippen molar-refractivity contribution in [2.75, 3.05) is 39.2 Å². The number of hydrogen-bond acceptors (Lipinski definition) is 5. The number of halogens is 1. The molecule has 3 unspecified atom stereocenters. The molecule has 1 aromatic carbocycles. The van der Waals surface area contributed by atoms with Gasteiger partial charge in [0.25, 0.3) is 0 Å². The number of ether oxygens (including phenoxy) is 2. The van der Waals surface area contributed by atoms with E-state index in [4.69, 9.17) is 9.47 Å². The minimum absolute atomic E-state index is 0. The molecule has 6 nitrogen and oxygen atoms in total. The Labute approximate surface area is 156 Å². The molecule has 2 N–H and O–H groups in total. The molecule has 0 radical (unpaired) electrons. The Morgan fingerprint density at radius 3 is 2.68 bits per heavy atom. The number of benzene rings is 1. The van der Waals surface area contributed by atoms with E-state index >= 15 is 0 Å². The van der Waals surface area contributed by atoms with Crippen LogP contribution in [0.1, 0.15) is 24.3 Å². The van der Waals surface area contributed by atoms with Crippen LogP contribution in [-0.4, -0.2) is 53.6 Å². The molecule has 0 amide bonds. The van der Waals surface area contributed by atoms with E-state index < -0.39 is 10.0 Å². The van der Waals surface area contributed by atoms with Crippen molar-refractivity contribution in [3.05, 3.63) is 29.8 Å². The molecule has 8 heteroatoms. The summed E-state index contributed by atoms with van der Waals surface area (Å²) >= 11 is 0. The van der Waals surface area contributed by atoms with Crippen molar-refractivity contribution in [2.24, 2.45) is 5.92 Å². The van der Waals surface area contributed by atoms with Gasteiger partial charge in [0.2, 0.25) is 10.0 Å². The Morgan fingerprint density at radius 2 is 2.04 bits per heavy atom. The molecule has 2 aliphatic rings. The highest BCUT2D eigenvalue weighted by molar-refractivity contribution is 7.89. The fourth-order valence-electron chi connectivity index (χ4n) is 3.54. The molecule has 0 aromatic heterocycles. The first kappa shape index (κ1) is 20.5. The summed E-state index contributed by atoms with van der Waals surface area (Å²) in [6.07, 6.45) is 1.73. The van der Waals surface area contributed by atoms with Crippen molar-refractivity contribution in [2.45, 2.75) is 24.8 Å². The summed E-state index contributed by atoms with van der Waals surface area (Å²) in [5, 5.41) is 3.30. The van der Waals surface area contributed by atoms with Crippen LogP contribution in [0.25, 0.3) is 0 Å². The van der Waals surface area contributed by atoms with Gasteiger partial charge in [0, 0.05) is 25.1 Å². The molecule has 3 atom stereocenters. The average Bonchev–Trinajstić information content (AvgIpc) is 3.07. The Balaban J connectivity index is 0.00000225. The first-order valence-electron chi connectivity index (χ1n) is 8.50. The highest BCUT2D eigenvalue weighted by Crippen LogP contribution is 2.28. The van der Waals surface area contributed by atoms with Crippen molar-refractivity contribution in [3.63, 3.8) is 0 Å². The lowest BCUT2D eigenvalue weighted by molar-refractivity contribution is 0.188. The van der Waals surface area contributed by atoms with Crippen LogP contribution in [0.5, 0.6) is 5.75 Å². The molecule has 2 aliphatic heterocycles. The van der Waals surface area contributed by atoms with Gasteiger partial charge in [-0.2, -0.15) is 0 Å². The normalized spacial score (nSPS) is 26.8. The maximum atomic E-state index is 12.5. The quantitative estimate of drug-likeness (QED) is 0.770. The number of methoxy groups -OCH3 is 1. The molecule has 0 spiro atoms. The summed E-state index contributed by atoms with van der Waals surface area (Å²) in [4.78, 5) is 0. The molecule has 2 fully saturated rings. The zero-order valence-corrected chi connectivity index (χ0v) is 16.1. The summed E-state index contributed by atoms with van der Waals surface area (Å²) in [5.41, 5.74) is 1.15. The monoisotopic (exact) mass is 390 g/mol. The standard InChI is InChI=1S/C17H26N2O4S.ClH/c1-22-15-4-2-14(3-5-15)16-6-8-18-10-17(16)19-24(20,21)12-13-7-9-23-11-13;/h2-5,13,16-19H,6-12H2,1H3;1H. The second-order valence-electron chi connectivity index (χ2n) is 6.61. The van der Waals surface area contributed by atoms with Gasteiger partial charge in [-0.25, -0.2) is 13.1 Å². The molecule has 25 heavy (non-hydrogen) atoms. The van der Waals surface area contributed by atoms with Crippen molar-refractivity contribution in [3.8, 4) is 5.75 Å². The Bertz CT molecular complexity index is 633. The molecular formula is C17H27ClN2O4S. The summed E-state index contributed by atoms with van der Waals surface area (Å²) < 4.78 is 38.4. The van der Waals surface area contributed by atoms with E-state index in [2.05, 4.69) is 10.0 Å². The van der Waals surface area contributed by atoms with Crippen molar-refractivity contribution < 1.29 is 17.9 Å². The van der Waals surface area contributed by atoms with E-state index in [-0.39, 0.29) is 36.0 Å². The number of sulfonamides is 1. The fourth-order valence-corrected chi connectivity index (χ4v) is 5.22. The molecular weight excluding hydrogens is 364 g/mol.